The van der Waals surface area contributed by atoms with Gasteiger partial charge in [0.05, 0.1) is 22.7 Å². The molecule has 0 bridgehead atoms. The van der Waals surface area contributed by atoms with Gasteiger partial charge in [-0.1, -0.05) is 121 Å². The number of para-hydroxylation sites is 4. The molecule has 2 aliphatic rings. The zero-order chi connectivity index (χ0) is 27.9. The van der Waals surface area contributed by atoms with Crippen LogP contribution in [-0.4, -0.2) is 0 Å². The standard InChI is InChI=1S/C40H28N2/c1-5-13-37-31(9-1)17-18-32-10-2-6-14-38(32)41(37)35-25-21-29(22-26-35)30-23-27-36(28-24-30)42-39-15-7-3-11-33(39)19-20-34-12-4-8-16-40(34)42/h1-28H. The Kier molecular flexibility index (Phi) is 5.82. The van der Waals surface area contributed by atoms with Gasteiger partial charge in [-0.05, 0) is 81.9 Å². The van der Waals surface area contributed by atoms with Crippen molar-refractivity contribution in [2.24, 2.45) is 0 Å². The van der Waals surface area contributed by atoms with Crippen LogP contribution in [0.5, 0.6) is 0 Å². The number of rotatable bonds is 3. The normalized spacial score (nSPS) is 13.0. The molecule has 0 amide bonds. The second-order valence-electron chi connectivity index (χ2n) is 10.7. The van der Waals surface area contributed by atoms with E-state index in [9.17, 15) is 0 Å². The molecule has 0 N–H and O–H groups in total. The van der Waals surface area contributed by atoms with E-state index < -0.39 is 0 Å². The maximum absolute atomic E-state index is 2.36. The van der Waals surface area contributed by atoms with Crippen LogP contribution in [0.3, 0.4) is 0 Å². The SMILES string of the molecule is C1=Cc2ccccc2N(c2ccc(-c3ccc(N4c5ccccc5C=Cc5ccccc54)cc3)cc2)c2ccccc21. The van der Waals surface area contributed by atoms with Crippen LogP contribution in [0.15, 0.2) is 146 Å². The van der Waals surface area contributed by atoms with Crippen LogP contribution in [0.25, 0.3) is 35.4 Å². The summed E-state index contributed by atoms with van der Waals surface area (Å²) in [5.74, 6) is 0. The summed E-state index contributed by atoms with van der Waals surface area (Å²) in [6, 6.07) is 52.2. The van der Waals surface area contributed by atoms with Gasteiger partial charge in [-0.25, -0.2) is 0 Å². The third-order valence-electron chi connectivity index (χ3n) is 8.18. The highest BCUT2D eigenvalue weighted by Crippen LogP contribution is 2.44. The molecule has 0 saturated carbocycles. The second-order valence-corrected chi connectivity index (χ2v) is 10.7. The third-order valence-corrected chi connectivity index (χ3v) is 8.18. The lowest BCUT2D eigenvalue weighted by Crippen LogP contribution is -2.11. The molecule has 0 aliphatic carbocycles. The van der Waals surface area contributed by atoms with Crippen molar-refractivity contribution in [1.29, 1.82) is 0 Å². The summed E-state index contributed by atoms with van der Waals surface area (Å²) >= 11 is 0. The van der Waals surface area contributed by atoms with Gasteiger partial charge in [0.1, 0.15) is 0 Å². The van der Waals surface area contributed by atoms with Gasteiger partial charge in [-0.3, -0.25) is 0 Å². The fourth-order valence-electron chi connectivity index (χ4n) is 6.11. The van der Waals surface area contributed by atoms with Gasteiger partial charge in [0.2, 0.25) is 0 Å². The van der Waals surface area contributed by atoms with Crippen molar-refractivity contribution in [2.75, 3.05) is 9.80 Å². The van der Waals surface area contributed by atoms with Crippen molar-refractivity contribution in [3.05, 3.63) is 168 Å². The van der Waals surface area contributed by atoms with Gasteiger partial charge in [-0.2, -0.15) is 0 Å². The van der Waals surface area contributed by atoms with E-state index in [0.29, 0.717) is 0 Å². The molecule has 42 heavy (non-hydrogen) atoms. The Morgan fingerprint density at radius 3 is 0.810 bits per heavy atom. The van der Waals surface area contributed by atoms with Crippen LogP contribution in [0.2, 0.25) is 0 Å². The average molecular weight is 537 g/mol. The average Bonchev–Trinajstić information content (AvgIpc) is 3.33. The van der Waals surface area contributed by atoms with E-state index in [2.05, 4.69) is 180 Å². The summed E-state index contributed by atoms with van der Waals surface area (Å²) in [6.07, 6.45) is 8.84. The highest BCUT2D eigenvalue weighted by Gasteiger charge is 2.21. The molecule has 2 nitrogen and oxygen atoms in total. The molecule has 0 spiro atoms. The molecule has 6 aromatic carbocycles. The molecule has 0 unspecified atom stereocenters. The monoisotopic (exact) mass is 536 g/mol. The van der Waals surface area contributed by atoms with Gasteiger partial charge in [-0.15, -0.1) is 0 Å². The molecular weight excluding hydrogens is 508 g/mol. The first-order chi connectivity index (χ1) is 20.8. The first-order valence-corrected chi connectivity index (χ1v) is 14.4. The predicted molar refractivity (Wildman–Crippen MR) is 179 cm³/mol. The van der Waals surface area contributed by atoms with E-state index in [4.69, 9.17) is 0 Å². The molecule has 6 aromatic rings. The Labute approximate surface area is 246 Å². The van der Waals surface area contributed by atoms with Crippen LogP contribution in [0.4, 0.5) is 34.1 Å². The molecule has 8 rings (SSSR count). The first kappa shape index (κ1) is 24.2. The number of benzene rings is 6. The fraction of sp³-hybridized carbons (Fsp3) is 0. The molecule has 198 valence electrons. The smallest absolute Gasteiger partial charge is 0.0534 e. The Morgan fingerprint density at radius 2 is 0.524 bits per heavy atom. The van der Waals surface area contributed by atoms with Gasteiger partial charge in [0.15, 0.2) is 0 Å². The minimum absolute atomic E-state index is 1.14. The highest BCUT2D eigenvalue weighted by atomic mass is 15.2. The fourth-order valence-corrected chi connectivity index (χ4v) is 6.11. The molecule has 2 heteroatoms. The van der Waals surface area contributed by atoms with Crippen LogP contribution >= 0.6 is 0 Å². The van der Waals surface area contributed by atoms with Crippen molar-refractivity contribution in [3.8, 4) is 11.1 Å². The summed E-state index contributed by atoms with van der Waals surface area (Å²) in [6.45, 7) is 0. The molecule has 0 saturated heterocycles. The summed E-state index contributed by atoms with van der Waals surface area (Å²) in [7, 11) is 0. The Morgan fingerprint density at radius 1 is 0.262 bits per heavy atom. The lowest BCUT2D eigenvalue weighted by atomic mass is 10.0. The molecule has 0 fully saturated rings. The maximum atomic E-state index is 2.36. The molecule has 0 atom stereocenters. The molecule has 0 radical (unpaired) electrons. The topological polar surface area (TPSA) is 6.48 Å². The largest absolute Gasteiger partial charge is 0.309 e. The zero-order valence-electron chi connectivity index (χ0n) is 23.1. The van der Waals surface area contributed by atoms with E-state index >= 15 is 0 Å². The molecule has 0 aromatic heterocycles. The van der Waals surface area contributed by atoms with E-state index in [-0.39, 0.29) is 0 Å². The number of hydrogen-bond acceptors (Lipinski definition) is 2. The predicted octanol–water partition coefficient (Wildman–Crippen LogP) is 11.3. The minimum atomic E-state index is 1.14. The van der Waals surface area contributed by atoms with Crippen molar-refractivity contribution in [1.82, 2.24) is 0 Å². The summed E-state index contributed by atoms with van der Waals surface area (Å²) in [5, 5.41) is 0. The maximum Gasteiger partial charge on any atom is 0.0534 e. The summed E-state index contributed by atoms with van der Waals surface area (Å²) in [4.78, 5) is 4.72. The minimum Gasteiger partial charge on any atom is -0.309 e. The second kappa shape index (κ2) is 10.1. The van der Waals surface area contributed by atoms with Crippen LogP contribution in [0.1, 0.15) is 22.3 Å². The van der Waals surface area contributed by atoms with Crippen LogP contribution in [0, 0.1) is 0 Å². The van der Waals surface area contributed by atoms with E-state index in [1.807, 2.05) is 0 Å². The van der Waals surface area contributed by atoms with Crippen LogP contribution < -0.4 is 9.80 Å². The van der Waals surface area contributed by atoms with Crippen molar-refractivity contribution >= 4 is 58.4 Å². The van der Waals surface area contributed by atoms with Crippen molar-refractivity contribution in [2.45, 2.75) is 0 Å². The van der Waals surface area contributed by atoms with Crippen molar-refractivity contribution in [3.63, 3.8) is 0 Å². The molecular formula is C40H28N2. The quantitative estimate of drug-likeness (QED) is 0.222. The first-order valence-electron chi connectivity index (χ1n) is 14.4. The van der Waals surface area contributed by atoms with Gasteiger partial charge in [0, 0.05) is 11.4 Å². The molecule has 2 heterocycles. The van der Waals surface area contributed by atoms with Gasteiger partial charge >= 0.3 is 0 Å². The Balaban J connectivity index is 1.15. The van der Waals surface area contributed by atoms with E-state index in [0.717, 1.165) is 11.4 Å². The third kappa shape index (κ3) is 4.13. The molecule has 2 aliphatic heterocycles. The summed E-state index contributed by atoms with van der Waals surface area (Å²) < 4.78 is 0. The van der Waals surface area contributed by atoms with Gasteiger partial charge in [0.25, 0.3) is 0 Å². The lowest BCUT2D eigenvalue weighted by Gasteiger charge is -2.27. The van der Waals surface area contributed by atoms with Crippen LogP contribution in [-0.2, 0) is 0 Å². The number of fused-ring (bicyclic) bond motifs is 4. The Hall–Kier alpha value is -5.60. The number of anilines is 6. The Bertz CT molecular complexity index is 1730. The number of hydrogen-bond donors (Lipinski definition) is 0. The summed E-state index contributed by atoms with van der Waals surface area (Å²) in [5.41, 5.74) is 14.2. The van der Waals surface area contributed by atoms with E-state index in [1.165, 1.54) is 56.1 Å². The number of nitrogens with zero attached hydrogens (tertiary/aromatic N) is 2. The zero-order valence-corrected chi connectivity index (χ0v) is 23.1. The van der Waals surface area contributed by atoms with Gasteiger partial charge < -0.3 is 9.80 Å². The van der Waals surface area contributed by atoms with Crippen molar-refractivity contribution < 1.29 is 0 Å². The lowest BCUT2D eigenvalue weighted by molar-refractivity contribution is 1.27. The van der Waals surface area contributed by atoms with E-state index in [1.54, 1.807) is 0 Å². The highest BCUT2D eigenvalue weighted by molar-refractivity contribution is 5.95.